The normalized spacial score (nSPS) is 20.5. The molecule has 84 valence electrons. The van der Waals surface area contributed by atoms with Crippen LogP contribution in [0.15, 0.2) is 6.07 Å². The zero-order valence-electron chi connectivity index (χ0n) is 9.55. The number of hydrogen-bond acceptors (Lipinski definition) is 1. The highest BCUT2D eigenvalue weighted by atomic mass is 79.9. The summed E-state index contributed by atoms with van der Waals surface area (Å²) in [6.07, 6.45) is 7.11. The first-order valence-electron chi connectivity index (χ1n) is 5.89. The number of hydrogen-bond donors (Lipinski definition) is 0. The second-order valence-electron chi connectivity index (χ2n) is 4.70. The summed E-state index contributed by atoms with van der Waals surface area (Å²) in [5, 5.41) is 0. The molecule has 1 unspecified atom stereocenters. The van der Waals surface area contributed by atoms with Crippen LogP contribution in [0, 0.1) is 19.8 Å². The van der Waals surface area contributed by atoms with E-state index in [1.807, 2.05) is 11.3 Å². The first kappa shape index (κ1) is 11.7. The molecule has 0 saturated heterocycles. The van der Waals surface area contributed by atoms with Crippen molar-refractivity contribution in [3.05, 3.63) is 21.4 Å². The van der Waals surface area contributed by atoms with E-state index in [4.69, 9.17) is 0 Å². The lowest BCUT2D eigenvalue weighted by Gasteiger charge is -2.26. The van der Waals surface area contributed by atoms with Crippen LogP contribution >= 0.6 is 27.3 Å². The van der Waals surface area contributed by atoms with E-state index in [1.54, 1.807) is 4.88 Å². The molecular formula is C13H19BrS. The van der Waals surface area contributed by atoms with Gasteiger partial charge in [-0.15, -0.1) is 11.3 Å². The smallest absolute Gasteiger partial charge is 0.0520 e. The third kappa shape index (κ3) is 2.65. The van der Waals surface area contributed by atoms with E-state index in [0.717, 1.165) is 5.92 Å². The van der Waals surface area contributed by atoms with Crippen LogP contribution in [-0.2, 0) is 0 Å². The number of thiophene rings is 1. The third-order valence-corrected chi connectivity index (χ3v) is 6.14. The molecule has 0 amide bonds. The number of rotatable bonds is 2. The Morgan fingerprint density at radius 1 is 1.27 bits per heavy atom. The van der Waals surface area contributed by atoms with Crippen LogP contribution in [0.4, 0.5) is 0 Å². The molecule has 0 nitrogen and oxygen atoms in total. The second-order valence-corrected chi connectivity index (χ2v) is 6.98. The SMILES string of the molecule is Cc1cc(C)c(C(Br)C2CCCCC2)s1. The summed E-state index contributed by atoms with van der Waals surface area (Å²) in [6.45, 7) is 4.46. The van der Waals surface area contributed by atoms with E-state index in [1.165, 1.54) is 42.5 Å². The van der Waals surface area contributed by atoms with Gasteiger partial charge in [0.05, 0.1) is 4.83 Å². The molecule has 1 atom stereocenters. The minimum Gasteiger partial charge on any atom is -0.144 e. The maximum atomic E-state index is 3.92. The summed E-state index contributed by atoms with van der Waals surface area (Å²) >= 11 is 5.89. The highest BCUT2D eigenvalue weighted by molar-refractivity contribution is 9.09. The van der Waals surface area contributed by atoms with Crippen LogP contribution in [0.2, 0.25) is 0 Å². The monoisotopic (exact) mass is 286 g/mol. The summed E-state index contributed by atoms with van der Waals surface area (Å²) < 4.78 is 0. The van der Waals surface area contributed by atoms with Gasteiger partial charge >= 0.3 is 0 Å². The fourth-order valence-corrected chi connectivity index (χ4v) is 4.85. The maximum Gasteiger partial charge on any atom is 0.0520 e. The lowest BCUT2D eigenvalue weighted by atomic mass is 9.86. The van der Waals surface area contributed by atoms with Gasteiger partial charge in [0.2, 0.25) is 0 Å². The molecule has 1 aromatic rings. The Labute approximate surface area is 105 Å². The Morgan fingerprint density at radius 2 is 1.93 bits per heavy atom. The Morgan fingerprint density at radius 3 is 2.47 bits per heavy atom. The summed E-state index contributed by atoms with van der Waals surface area (Å²) in [6, 6.07) is 2.32. The molecule has 1 aromatic heterocycles. The lowest BCUT2D eigenvalue weighted by Crippen LogP contribution is -2.11. The minimum atomic E-state index is 0.608. The number of aryl methyl sites for hydroxylation is 2. The van der Waals surface area contributed by atoms with E-state index in [9.17, 15) is 0 Å². The van der Waals surface area contributed by atoms with Crippen LogP contribution in [0.5, 0.6) is 0 Å². The Hall–Kier alpha value is 0.180. The van der Waals surface area contributed by atoms with E-state index in [-0.39, 0.29) is 0 Å². The predicted octanol–water partition coefficient (Wildman–Crippen LogP) is 5.38. The highest BCUT2D eigenvalue weighted by Crippen LogP contribution is 2.43. The molecule has 0 spiro atoms. The summed E-state index contributed by atoms with van der Waals surface area (Å²) in [5.74, 6) is 0.871. The molecule has 0 bridgehead atoms. The van der Waals surface area contributed by atoms with Gasteiger partial charge in [0.1, 0.15) is 0 Å². The molecule has 1 heterocycles. The predicted molar refractivity (Wildman–Crippen MR) is 72.0 cm³/mol. The zero-order valence-corrected chi connectivity index (χ0v) is 12.0. The van der Waals surface area contributed by atoms with Gasteiger partial charge in [0.15, 0.2) is 0 Å². The van der Waals surface area contributed by atoms with Crippen LogP contribution in [0.3, 0.4) is 0 Å². The molecule has 0 radical (unpaired) electrons. The molecule has 1 aliphatic carbocycles. The summed E-state index contributed by atoms with van der Waals surface area (Å²) in [7, 11) is 0. The van der Waals surface area contributed by atoms with Gasteiger partial charge in [0.25, 0.3) is 0 Å². The molecular weight excluding hydrogens is 268 g/mol. The fourth-order valence-electron chi connectivity index (χ4n) is 2.57. The first-order chi connectivity index (χ1) is 7.18. The largest absolute Gasteiger partial charge is 0.144 e. The van der Waals surface area contributed by atoms with Crippen molar-refractivity contribution in [1.82, 2.24) is 0 Å². The van der Waals surface area contributed by atoms with Crippen LogP contribution < -0.4 is 0 Å². The molecule has 0 N–H and O–H groups in total. The Balaban J connectivity index is 2.12. The van der Waals surface area contributed by atoms with Crippen molar-refractivity contribution < 1.29 is 0 Å². The standard InChI is InChI=1S/C13H19BrS/c1-9-8-10(2)15-13(9)12(14)11-6-4-3-5-7-11/h8,11-12H,3-7H2,1-2H3. The summed E-state index contributed by atoms with van der Waals surface area (Å²) in [5.41, 5.74) is 1.48. The van der Waals surface area contributed by atoms with E-state index >= 15 is 0 Å². The van der Waals surface area contributed by atoms with Crippen LogP contribution in [-0.4, -0.2) is 0 Å². The number of halogens is 1. The van der Waals surface area contributed by atoms with Gasteiger partial charge in [-0.2, -0.15) is 0 Å². The van der Waals surface area contributed by atoms with E-state index < -0.39 is 0 Å². The molecule has 2 heteroatoms. The fraction of sp³-hybridized carbons (Fsp3) is 0.692. The zero-order chi connectivity index (χ0) is 10.8. The topological polar surface area (TPSA) is 0 Å². The van der Waals surface area contributed by atoms with E-state index in [0.29, 0.717) is 4.83 Å². The van der Waals surface area contributed by atoms with Gasteiger partial charge in [0, 0.05) is 9.75 Å². The molecule has 0 aromatic carbocycles. The van der Waals surface area contributed by atoms with Gasteiger partial charge in [-0.05, 0) is 44.2 Å². The molecule has 2 rings (SSSR count). The van der Waals surface area contributed by atoms with Crippen molar-refractivity contribution in [2.75, 3.05) is 0 Å². The molecule has 15 heavy (non-hydrogen) atoms. The van der Waals surface area contributed by atoms with Crippen molar-refractivity contribution in [2.24, 2.45) is 5.92 Å². The van der Waals surface area contributed by atoms with Gasteiger partial charge in [-0.25, -0.2) is 0 Å². The second kappa shape index (κ2) is 5.01. The average molecular weight is 287 g/mol. The van der Waals surface area contributed by atoms with Crippen LogP contribution in [0.25, 0.3) is 0 Å². The average Bonchev–Trinajstić information content (AvgIpc) is 2.58. The first-order valence-corrected chi connectivity index (χ1v) is 7.62. The van der Waals surface area contributed by atoms with Gasteiger partial charge in [-0.3, -0.25) is 0 Å². The minimum absolute atomic E-state index is 0.608. The Kier molecular flexibility index (Phi) is 3.89. The number of alkyl halides is 1. The molecule has 1 saturated carbocycles. The van der Waals surface area contributed by atoms with Crippen molar-refractivity contribution in [3.63, 3.8) is 0 Å². The quantitative estimate of drug-likeness (QED) is 0.640. The van der Waals surface area contributed by atoms with Crippen molar-refractivity contribution in [2.45, 2.75) is 50.8 Å². The summed E-state index contributed by atoms with van der Waals surface area (Å²) in [4.78, 5) is 3.62. The molecule has 1 fully saturated rings. The van der Waals surface area contributed by atoms with Crippen LogP contribution in [0.1, 0.15) is 52.2 Å². The van der Waals surface area contributed by atoms with E-state index in [2.05, 4.69) is 35.8 Å². The molecule has 0 aliphatic heterocycles. The van der Waals surface area contributed by atoms with Gasteiger partial charge in [-0.1, -0.05) is 35.2 Å². The van der Waals surface area contributed by atoms with Crippen molar-refractivity contribution >= 4 is 27.3 Å². The molecule has 1 aliphatic rings. The highest BCUT2D eigenvalue weighted by Gasteiger charge is 2.24. The van der Waals surface area contributed by atoms with Crippen molar-refractivity contribution in [3.8, 4) is 0 Å². The lowest BCUT2D eigenvalue weighted by molar-refractivity contribution is 0.356. The third-order valence-electron chi connectivity index (χ3n) is 3.39. The van der Waals surface area contributed by atoms with Gasteiger partial charge < -0.3 is 0 Å². The maximum absolute atomic E-state index is 3.92. The van der Waals surface area contributed by atoms with Crippen molar-refractivity contribution in [1.29, 1.82) is 0 Å². The Bertz CT molecular complexity index is 323.